The minimum atomic E-state index is 0.772. The number of hydrogen-bond donors (Lipinski definition) is 1. The number of nitrogens with zero attached hydrogens (tertiary/aromatic N) is 3. The molecule has 3 fully saturated rings. The van der Waals surface area contributed by atoms with E-state index in [0.717, 1.165) is 18.1 Å². The SMILES string of the molecule is CC1CC(N2CCN(C3CNC3)CC2)CN1C. The van der Waals surface area contributed by atoms with Gasteiger partial charge < -0.3 is 10.2 Å². The van der Waals surface area contributed by atoms with Crippen LogP contribution in [0.4, 0.5) is 0 Å². The van der Waals surface area contributed by atoms with Crippen LogP contribution in [-0.2, 0) is 0 Å². The molecule has 0 aromatic rings. The summed E-state index contributed by atoms with van der Waals surface area (Å²) in [6.07, 6.45) is 1.36. The zero-order valence-electron chi connectivity index (χ0n) is 11.2. The summed E-state index contributed by atoms with van der Waals surface area (Å²) in [7, 11) is 2.26. The number of hydrogen-bond acceptors (Lipinski definition) is 4. The zero-order valence-corrected chi connectivity index (χ0v) is 11.2. The molecule has 98 valence electrons. The summed E-state index contributed by atoms with van der Waals surface area (Å²) >= 11 is 0. The van der Waals surface area contributed by atoms with Crippen LogP contribution < -0.4 is 5.32 Å². The van der Waals surface area contributed by atoms with Gasteiger partial charge in [0.2, 0.25) is 0 Å². The molecule has 1 N–H and O–H groups in total. The molecular weight excluding hydrogens is 212 g/mol. The van der Waals surface area contributed by atoms with E-state index >= 15 is 0 Å². The number of piperazine rings is 1. The zero-order chi connectivity index (χ0) is 11.8. The molecule has 0 aromatic carbocycles. The number of nitrogens with one attached hydrogen (secondary N) is 1. The van der Waals surface area contributed by atoms with Crippen LogP contribution in [0.15, 0.2) is 0 Å². The van der Waals surface area contributed by atoms with Crippen molar-refractivity contribution in [2.45, 2.75) is 31.5 Å². The summed E-state index contributed by atoms with van der Waals surface area (Å²) in [5.74, 6) is 0. The van der Waals surface area contributed by atoms with Crippen molar-refractivity contribution < 1.29 is 0 Å². The average Bonchev–Trinajstić information content (AvgIpc) is 2.58. The maximum atomic E-state index is 3.37. The molecular formula is C13H26N4. The second-order valence-corrected chi connectivity index (χ2v) is 6.06. The first-order valence-electron chi connectivity index (χ1n) is 7.13. The van der Waals surface area contributed by atoms with Gasteiger partial charge in [-0.15, -0.1) is 0 Å². The average molecular weight is 238 g/mol. The van der Waals surface area contributed by atoms with Gasteiger partial charge in [0, 0.05) is 63.9 Å². The first-order valence-corrected chi connectivity index (χ1v) is 7.13. The number of likely N-dealkylation sites (tertiary alicyclic amines) is 1. The first-order chi connectivity index (χ1) is 8.24. The highest BCUT2D eigenvalue weighted by Gasteiger charge is 2.34. The van der Waals surface area contributed by atoms with Crippen molar-refractivity contribution in [1.29, 1.82) is 0 Å². The molecule has 3 heterocycles. The molecule has 4 nitrogen and oxygen atoms in total. The summed E-state index contributed by atoms with van der Waals surface area (Å²) in [6.45, 7) is 11.2. The fraction of sp³-hybridized carbons (Fsp3) is 1.00. The van der Waals surface area contributed by atoms with Gasteiger partial charge in [-0.3, -0.25) is 9.80 Å². The van der Waals surface area contributed by atoms with E-state index in [2.05, 4.69) is 34.0 Å². The third-order valence-electron chi connectivity index (χ3n) is 5.01. The molecule has 0 aliphatic carbocycles. The van der Waals surface area contributed by atoms with Gasteiger partial charge >= 0.3 is 0 Å². The predicted octanol–water partition coefficient (Wildman–Crippen LogP) is -0.332. The summed E-state index contributed by atoms with van der Waals surface area (Å²) < 4.78 is 0. The Kier molecular flexibility index (Phi) is 3.39. The van der Waals surface area contributed by atoms with E-state index < -0.39 is 0 Å². The minimum absolute atomic E-state index is 0.772. The van der Waals surface area contributed by atoms with Gasteiger partial charge in [-0.05, 0) is 20.4 Å². The van der Waals surface area contributed by atoms with Crippen LogP contribution in [0.25, 0.3) is 0 Å². The third-order valence-corrected chi connectivity index (χ3v) is 5.01. The van der Waals surface area contributed by atoms with Gasteiger partial charge in [0.25, 0.3) is 0 Å². The Morgan fingerprint density at radius 1 is 0.941 bits per heavy atom. The van der Waals surface area contributed by atoms with Gasteiger partial charge in [-0.1, -0.05) is 0 Å². The van der Waals surface area contributed by atoms with E-state index in [9.17, 15) is 0 Å². The summed E-state index contributed by atoms with van der Waals surface area (Å²) in [5.41, 5.74) is 0. The van der Waals surface area contributed by atoms with Gasteiger partial charge in [0.15, 0.2) is 0 Å². The maximum Gasteiger partial charge on any atom is 0.0346 e. The monoisotopic (exact) mass is 238 g/mol. The number of likely N-dealkylation sites (N-methyl/N-ethyl adjacent to an activating group) is 1. The molecule has 0 bridgehead atoms. The van der Waals surface area contributed by atoms with Gasteiger partial charge in [0.05, 0.1) is 0 Å². The van der Waals surface area contributed by atoms with Gasteiger partial charge in [-0.2, -0.15) is 0 Å². The molecule has 3 saturated heterocycles. The quantitative estimate of drug-likeness (QED) is 0.711. The lowest BCUT2D eigenvalue weighted by Gasteiger charge is -2.44. The van der Waals surface area contributed by atoms with Crippen molar-refractivity contribution in [3.8, 4) is 0 Å². The summed E-state index contributed by atoms with van der Waals surface area (Å²) in [5, 5.41) is 3.37. The van der Waals surface area contributed by atoms with Crippen LogP contribution in [0.3, 0.4) is 0 Å². The second kappa shape index (κ2) is 4.84. The van der Waals surface area contributed by atoms with Crippen LogP contribution in [0.2, 0.25) is 0 Å². The highest BCUT2D eigenvalue weighted by atomic mass is 15.3. The molecule has 0 spiro atoms. The Bertz CT molecular complexity index is 248. The minimum Gasteiger partial charge on any atom is -0.314 e. The molecule has 2 unspecified atom stereocenters. The van der Waals surface area contributed by atoms with E-state index in [1.54, 1.807) is 0 Å². The fourth-order valence-corrected chi connectivity index (χ4v) is 3.42. The maximum absolute atomic E-state index is 3.37. The Morgan fingerprint density at radius 2 is 1.53 bits per heavy atom. The van der Waals surface area contributed by atoms with E-state index in [4.69, 9.17) is 0 Å². The van der Waals surface area contributed by atoms with Crippen molar-refractivity contribution in [2.75, 3.05) is 52.9 Å². The first kappa shape index (κ1) is 11.9. The molecule has 0 amide bonds. The Balaban J connectivity index is 1.48. The van der Waals surface area contributed by atoms with Crippen LogP contribution in [0.5, 0.6) is 0 Å². The molecule has 4 heteroatoms. The Labute approximate surface area is 105 Å². The molecule has 0 aromatic heterocycles. The highest BCUT2D eigenvalue weighted by Crippen LogP contribution is 2.22. The second-order valence-electron chi connectivity index (χ2n) is 6.06. The van der Waals surface area contributed by atoms with Crippen LogP contribution in [0.1, 0.15) is 13.3 Å². The van der Waals surface area contributed by atoms with Crippen molar-refractivity contribution in [3.05, 3.63) is 0 Å². The summed E-state index contributed by atoms with van der Waals surface area (Å²) in [6, 6.07) is 2.42. The highest BCUT2D eigenvalue weighted by molar-refractivity contribution is 4.92. The van der Waals surface area contributed by atoms with E-state index in [0.29, 0.717) is 0 Å². The van der Waals surface area contributed by atoms with Crippen LogP contribution in [0, 0.1) is 0 Å². The third kappa shape index (κ3) is 2.36. The van der Waals surface area contributed by atoms with E-state index in [1.807, 2.05) is 0 Å². The normalized spacial score (nSPS) is 38.5. The lowest BCUT2D eigenvalue weighted by Crippen LogP contribution is -2.62. The lowest BCUT2D eigenvalue weighted by atomic mass is 10.1. The standard InChI is InChI=1S/C13H26N4/c1-11-7-12(10-15(11)2)16-3-5-17(6-4-16)13-8-14-9-13/h11-14H,3-10H2,1-2H3. The molecule has 0 radical (unpaired) electrons. The topological polar surface area (TPSA) is 21.8 Å². The van der Waals surface area contributed by atoms with Crippen LogP contribution >= 0.6 is 0 Å². The Morgan fingerprint density at radius 3 is 1.94 bits per heavy atom. The van der Waals surface area contributed by atoms with Gasteiger partial charge in [-0.25, -0.2) is 0 Å². The van der Waals surface area contributed by atoms with Crippen molar-refractivity contribution in [2.24, 2.45) is 0 Å². The van der Waals surface area contributed by atoms with Crippen LogP contribution in [-0.4, -0.2) is 85.7 Å². The fourth-order valence-electron chi connectivity index (χ4n) is 3.42. The van der Waals surface area contributed by atoms with E-state index in [1.165, 1.54) is 52.2 Å². The molecule has 0 saturated carbocycles. The lowest BCUT2D eigenvalue weighted by molar-refractivity contribution is 0.0538. The molecule has 3 rings (SSSR count). The number of rotatable bonds is 2. The van der Waals surface area contributed by atoms with Crippen molar-refractivity contribution >= 4 is 0 Å². The largest absolute Gasteiger partial charge is 0.314 e. The van der Waals surface area contributed by atoms with E-state index in [-0.39, 0.29) is 0 Å². The molecule has 3 aliphatic heterocycles. The predicted molar refractivity (Wildman–Crippen MR) is 70.3 cm³/mol. The molecule has 17 heavy (non-hydrogen) atoms. The molecule has 2 atom stereocenters. The Hall–Kier alpha value is -0.160. The van der Waals surface area contributed by atoms with Gasteiger partial charge in [0.1, 0.15) is 0 Å². The molecule has 3 aliphatic rings. The van der Waals surface area contributed by atoms with Crippen molar-refractivity contribution in [3.63, 3.8) is 0 Å². The van der Waals surface area contributed by atoms with Crippen molar-refractivity contribution in [1.82, 2.24) is 20.0 Å². The smallest absolute Gasteiger partial charge is 0.0346 e. The summed E-state index contributed by atoms with van der Waals surface area (Å²) in [4.78, 5) is 7.91.